The first-order valence-electron chi connectivity index (χ1n) is 4.14. The second-order valence-corrected chi connectivity index (χ2v) is 3.22. The quantitative estimate of drug-likeness (QED) is 0.705. The number of rotatable bonds is 1. The van der Waals surface area contributed by atoms with Crippen molar-refractivity contribution in [2.75, 3.05) is 5.73 Å². The van der Waals surface area contributed by atoms with Gasteiger partial charge in [-0.2, -0.15) is 0 Å². The summed E-state index contributed by atoms with van der Waals surface area (Å²) in [7, 11) is 0. The van der Waals surface area contributed by atoms with E-state index in [1.54, 1.807) is 17.1 Å². The second-order valence-electron chi connectivity index (χ2n) is 3.22. The van der Waals surface area contributed by atoms with Crippen molar-refractivity contribution in [3.8, 4) is 0 Å². The van der Waals surface area contributed by atoms with Crippen LogP contribution in [0.4, 0.5) is 5.69 Å². The molecular formula is C8H11N5. The Morgan fingerprint density at radius 1 is 1.38 bits per heavy atom. The van der Waals surface area contributed by atoms with Crippen molar-refractivity contribution in [3.63, 3.8) is 0 Å². The second kappa shape index (κ2) is 2.69. The van der Waals surface area contributed by atoms with Crippen molar-refractivity contribution < 1.29 is 0 Å². The molecule has 0 saturated heterocycles. The molecule has 0 atom stereocenters. The first-order chi connectivity index (χ1) is 6.20. The fourth-order valence-electron chi connectivity index (χ4n) is 1.28. The Labute approximate surface area is 75.6 Å². The van der Waals surface area contributed by atoms with E-state index in [2.05, 4.69) is 15.3 Å². The van der Waals surface area contributed by atoms with Crippen LogP contribution in [0, 0.1) is 0 Å². The fourth-order valence-corrected chi connectivity index (χ4v) is 1.28. The molecule has 0 aromatic carbocycles. The maximum Gasteiger partial charge on any atom is 0.133 e. The molecule has 0 aliphatic heterocycles. The summed E-state index contributed by atoms with van der Waals surface area (Å²) < 4.78 is 1.80. The lowest BCUT2D eigenvalue weighted by molar-refractivity contribution is 0.530. The molecule has 2 N–H and O–H groups in total. The van der Waals surface area contributed by atoms with Crippen LogP contribution in [0.1, 0.15) is 19.9 Å². The number of pyridine rings is 1. The lowest BCUT2D eigenvalue weighted by Crippen LogP contribution is -2.04. The zero-order chi connectivity index (χ0) is 9.42. The number of hydrogen-bond acceptors (Lipinski definition) is 4. The van der Waals surface area contributed by atoms with Crippen molar-refractivity contribution in [2.24, 2.45) is 0 Å². The number of fused-ring (bicyclic) bond motifs is 1. The highest BCUT2D eigenvalue weighted by Crippen LogP contribution is 2.19. The fraction of sp³-hybridized carbons (Fsp3) is 0.375. The molecule has 0 spiro atoms. The third-order valence-corrected chi connectivity index (χ3v) is 1.89. The van der Waals surface area contributed by atoms with Crippen LogP contribution in [-0.2, 0) is 0 Å². The average molecular weight is 177 g/mol. The lowest BCUT2D eigenvalue weighted by Gasteiger charge is -2.06. The Kier molecular flexibility index (Phi) is 1.65. The van der Waals surface area contributed by atoms with Gasteiger partial charge in [-0.25, -0.2) is 4.68 Å². The summed E-state index contributed by atoms with van der Waals surface area (Å²) in [5, 5.41) is 7.97. The molecule has 2 heterocycles. The van der Waals surface area contributed by atoms with Crippen LogP contribution in [0.3, 0.4) is 0 Å². The van der Waals surface area contributed by atoms with Gasteiger partial charge in [0, 0.05) is 6.04 Å². The summed E-state index contributed by atoms with van der Waals surface area (Å²) in [4.78, 5) is 3.94. The predicted molar refractivity (Wildman–Crippen MR) is 50.1 cm³/mol. The van der Waals surface area contributed by atoms with Crippen LogP contribution in [-0.4, -0.2) is 20.0 Å². The van der Waals surface area contributed by atoms with E-state index >= 15 is 0 Å². The molecular weight excluding hydrogens is 166 g/mol. The van der Waals surface area contributed by atoms with Gasteiger partial charge in [0.05, 0.1) is 18.1 Å². The van der Waals surface area contributed by atoms with Gasteiger partial charge in [0.15, 0.2) is 0 Å². The zero-order valence-corrected chi connectivity index (χ0v) is 7.60. The third-order valence-electron chi connectivity index (χ3n) is 1.89. The van der Waals surface area contributed by atoms with Crippen LogP contribution >= 0.6 is 0 Å². The van der Waals surface area contributed by atoms with E-state index in [4.69, 9.17) is 5.73 Å². The summed E-state index contributed by atoms with van der Waals surface area (Å²) in [5.41, 5.74) is 8.01. The summed E-state index contributed by atoms with van der Waals surface area (Å²) in [5.74, 6) is 0. The van der Waals surface area contributed by atoms with Crippen LogP contribution in [0.15, 0.2) is 12.4 Å². The molecule has 2 aromatic rings. The van der Waals surface area contributed by atoms with Crippen LogP contribution in [0.5, 0.6) is 0 Å². The topological polar surface area (TPSA) is 69.6 Å². The maximum atomic E-state index is 5.78. The molecule has 5 heteroatoms. The Balaban J connectivity index is 2.79. The minimum atomic E-state index is 0.259. The average Bonchev–Trinajstić information content (AvgIpc) is 2.49. The number of anilines is 1. The van der Waals surface area contributed by atoms with Gasteiger partial charge in [-0.15, -0.1) is 5.10 Å². The van der Waals surface area contributed by atoms with Gasteiger partial charge in [0.25, 0.3) is 0 Å². The SMILES string of the molecule is CC(C)n1nnc2cncc(N)c21. The molecule has 0 saturated carbocycles. The monoisotopic (exact) mass is 177 g/mol. The summed E-state index contributed by atoms with van der Waals surface area (Å²) in [6.45, 7) is 4.07. The van der Waals surface area contributed by atoms with Gasteiger partial charge in [-0.3, -0.25) is 4.98 Å². The van der Waals surface area contributed by atoms with Gasteiger partial charge in [-0.05, 0) is 13.8 Å². The van der Waals surface area contributed by atoms with E-state index in [-0.39, 0.29) is 6.04 Å². The van der Waals surface area contributed by atoms with Crippen molar-refractivity contribution in [2.45, 2.75) is 19.9 Å². The molecule has 0 aliphatic rings. The molecule has 0 unspecified atom stereocenters. The zero-order valence-electron chi connectivity index (χ0n) is 7.60. The minimum absolute atomic E-state index is 0.259. The Morgan fingerprint density at radius 2 is 2.15 bits per heavy atom. The van der Waals surface area contributed by atoms with Crippen LogP contribution in [0.25, 0.3) is 11.0 Å². The highest BCUT2D eigenvalue weighted by atomic mass is 15.4. The highest BCUT2D eigenvalue weighted by molar-refractivity contribution is 5.85. The van der Waals surface area contributed by atoms with Crippen LogP contribution < -0.4 is 5.73 Å². The number of nitrogens with zero attached hydrogens (tertiary/aromatic N) is 4. The van der Waals surface area contributed by atoms with Crippen LogP contribution in [0.2, 0.25) is 0 Å². The molecule has 13 heavy (non-hydrogen) atoms. The van der Waals surface area contributed by atoms with E-state index in [1.807, 2.05) is 13.8 Å². The van der Waals surface area contributed by atoms with E-state index in [9.17, 15) is 0 Å². The maximum absolute atomic E-state index is 5.78. The van der Waals surface area contributed by atoms with Crippen molar-refractivity contribution in [1.82, 2.24) is 20.0 Å². The van der Waals surface area contributed by atoms with Gasteiger partial charge >= 0.3 is 0 Å². The van der Waals surface area contributed by atoms with Gasteiger partial charge < -0.3 is 5.73 Å². The molecule has 0 aliphatic carbocycles. The van der Waals surface area contributed by atoms with E-state index < -0.39 is 0 Å². The first-order valence-corrected chi connectivity index (χ1v) is 4.14. The van der Waals surface area contributed by atoms with E-state index in [0.717, 1.165) is 11.0 Å². The molecule has 0 fully saturated rings. The standard InChI is InChI=1S/C8H11N5/c1-5(2)13-8-6(9)3-10-4-7(8)11-12-13/h3-5H,9H2,1-2H3. The summed E-state index contributed by atoms with van der Waals surface area (Å²) in [6, 6.07) is 0.259. The molecule has 68 valence electrons. The van der Waals surface area contributed by atoms with Gasteiger partial charge in [0.2, 0.25) is 0 Å². The molecule has 0 amide bonds. The highest BCUT2D eigenvalue weighted by Gasteiger charge is 2.09. The number of nitrogens with two attached hydrogens (primary N) is 1. The Hall–Kier alpha value is -1.65. The minimum Gasteiger partial charge on any atom is -0.396 e. The molecule has 0 radical (unpaired) electrons. The molecule has 0 bridgehead atoms. The smallest absolute Gasteiger partial charge is 0.133 e. The molecule has 2 aromatic heterocycles. The molecule has 2 rings (SSSR count). The van der Waals surface area contributed by atoms with E-state index in [0.29, 0.717) is 5.69 Å². The van der Waals surface area contributed by atoms with Crippen molar-refractivity contribution in [3.05, 3.63) is 12.4 Å². The van der Waals surface area contributed by atoms with E-state index in [1.165, 1.54) is 0 Å². The van der Waals surface area contributed by atoms with Crippen molar-refractivity contribution >= 4 is 16.7 Å². The largest absolute Gasteiger partial charge is 0.396 e. The summed E-state index contributed by atoms with van der Waals surface area (Å²) >= 11 is 0. The summed E-state index contributed by atoms with van der Waals surface area (Å²) in [6.07, 6.45) is 3.28. The number of aromatic nitrogens is 4. The number of nitrogen functional groups attached to an aromatic ring is 1. The van der Waals surface area contributed by atoms with Crippen molar-refractivity contribution in [1.29, 1.82) is 0 Å². The third kappa shape index (κ3) is 1.12. The Morgan fingerprint density at radius 3 is 2.85 bits per heavy atom. The molecule has 5 nitrogen and oxygen atoms in total. The van der Waals surface area contributed by atoms with Gasteiger partial charge in [-0.1, -0.05) is 5.21 Å². The van der Waals surface area contributed by atoms with Gasteiger partial charge in [0.1, 0.15) is 11.0 Å². The first kappa shape index (κ1) is 7.97. The normalized spacial score (nSPS) is 11.3. The predicted octanol–water partition coefficient (Wildman–Crippen LogP) is 0.989. The lowest BCUT2D eigenvalue weighted by atomic mass is 10.3. The Bertz CT molecular complexity index is 431. The number of hydrogen-bond donors (Lipinski definition) is 1.